The molecule has 0 aliphatic heterocycles. The number of anilines is 1. The third-order valence-corrected chi connectivity index (χ3v) is 3.06. The molecule has 98 valence electrons. The van der Waals surface area contributed by atoms with Gasteiger partial charge in [-0.2, -0.15) is 0 Å². The number of hydrogen-bond acceptors (Lipinski definition) is 3. The molecule has 2 aromatic rings. The summed E-state index contributed by atoms with van der Waals surface area (Å²) in [6.07, 6.45) is 1.45. The fraction of sp³-hybridized carbons (Fsp3) is 0.154. The minimum absolute atomic E-state index is 0.321. The van der Waals surface area contributed by atoms with Crippen LogP contribution in [0.3, 0.4) is 0 Å². The van der Waals surface area contributed by atoms with E-state index >= 15 is 0 Å². The molecule has 0 aliphatic carbocycles. The van der Waals surface area contributed by atoms with Gasteiger partial charge < -0.3 is 5.32 Å². The molecule has 1 N–H and O–H groups in total. The molecule has 0 atom stereocenters. The molecule has 0 unspecified atom stereocenters. The van der Waals surface area contributed by atoms with Crippen LogP contribution in [0.2, 0.25) is 10.2 Å². The average Bonchev–Trinajstić information content (AvgIpc) is 2.32. The summed E-state index contributed by atoms with van der Waals surface area (Å²) in [6.45, 7) is 3.57. The minimum atomic E-state index is -0.329. The Labute approximate surface area is 120 Å². The summed E-state index contributed by atoms with van der Waals surface area (Å²) < 4.78 is 0. The van der Waals surface area contributed by atoms with E-state index < -0.39 is 0 Å². The molecule has 2 heterocycles. The molecule has 4 nitrogen and oxygen atoms in total. The SMILES string of the molecule is Cc1cc(Cl)c(C(=O)Nc2ccc(Cl)nc2C)cn1. The van der Waals surface area contributed by atoms with Crippen molar-refractivity contribution in [2.75, 3.05) is 5.32 Å². The number of nitrogens with one attached hydrogen (secondary N) is 1. The number of carbonyl (C=O) groups excluding carboxylic acids is 1. The molecule has 1 amide bonds. The van der Waals surface area contributed by atoms with Gasteiger partial charge in [0.05, 0.1) is 22.0 Å². The standard InChI is InChI=1S/C13H11Cl2N3O/c1-7-5-10(14)9(6-16-7)13(19)18-11-3-4-12(15)17-8(11)2/h3-6H,1-2H3,(H,18,19). The Balaban J connectivity index is 2.25. The number of carbonyl (C=O) groups is 1. The summed E-state index contributed by atoms with van der Waals surface area (Å²) in [4.78, 5) is 20.2. The number of aromatic nitrogens is 2. The van der Waals surface area contributed by atoms with E-state index in [1.807, 2.05) is 0 Å². The van der Waals surface area contributed by atoms with Crippen molar-refractivity contribution < 1.29 is 4.79 Å². The largest absolute Gasteiger partial charge is 0.320 e. The number of aryl methyl sites for hydroxylation is 2. The van der Waals surface area contributed by atoms with Gasteiger partial charge in [-0.15, -0.1) is 0 Å². The molecule has 19 heavy (non-hydrogen) atoms. The van der Waals surface area contributed by atoms with E-state index in [0.717, 1.165) is 5.69 Å². The highest BCUT2D eigenvalue weighted by Gasteiger charge is 2.12. The molecule has 2 aromatic heterocycles. The molecule has 0 fully saturated rings. The van der Waals surface area contributed by atoms with E-state index in [9.17, 15) is 4.79 Å². The quantitative estimate of drug-likeness (QED) is 0.861. The summed E-state index contributed by atoms with van der Waals surface area (Å²) >= 11 is 11.8. The lowest BCUT2D eigenvalue weighted by molar-refractivity contribution is 0.102. The second kappa shape index (κ2) is 5.55. The average molecular weight is 296 g/mol. The van der Waals surface area contributed by atoms with Crippen molar-refractivity contribution in [2.45, 2.75) is 13.8 Å². The van der Waals surface area contributed by atoms with E-state index in [0.29, 0.717) is 27.1 Å². The topological polar surface area (TPSA) is 54.9 Å². The van der Waals surface area contributed by atoms with Gasteiger partial charge in [0.2, 0.25) is 0 Å². The zero-order valence-corrected chi connectivity index (χ0v) is 11.9. The summed E-state index contributed by atoms with van der Waals surface area (Å²) in [7, 11) is 0. The van der Waals surface area contributed by atoms with Gasteiger partial charge in [0, 0.05) is 11.9 Å². The van der Waals surface area contributed by atoms with Crippen molar-refractivity contribution in [3.05, 3.63) is 51.5 Å². The molecule has 0 bridgehead atoms. The van der Waals surface area contributed by atoms with Crippen molar-refractivity contribution in [2.24, 2.45) is 0 Å². The highest BCUT2D eigenvalue weighted by Crippen LogP contribution is 2.20. The highest BCUT2D eigenvalue weighted by molar-refractivity contribution is 6.34. The highest BCUT2D eigenvalue weighted by atomic mass is 35.5. The van der Waals surface area contributed by atoms with Crippen LogP contribution in [0.1, 0.15) is 21.7 Å². The van der Waals surface area contributed by atoms with Crippen LogP contribution >= 0.6 is 23.2 Å². The summed E-state index contributed by atoms with van der Waals surface area (Å²) in [5, 5.41) is 3.47. The Morgan fingerprint density at radius 2 is 2.00 bits per heavy atom. The Morgan fingerprint density at radius 3 is 2.63 bits per heavy atom. The van der Waals surface area contributed by atoms with E-state index in [4.69, 9.17) is 23.2 Å². The lowest BCUT2D eigenvalue weighted by atomic mass is 10.2. The fourth-order valence-electron chi connectivity index (χ4n) is 1.55. The van der Waals surface area contributed by atoms with Crippen LogP contribution in [0, 0.1) is 13.8 Å². The second-order valence-electron chi connectivity index (χ2n) is 4.03. The first-order valence-electron chi connectivity index (χ1n) is 5.54. The van der Waals surface area contributed by atoms with E-state index in [2.05, 4.69) is 15.3 Å². The van der Waals surface area contributed by atoms with Crippen molar-refractivity contribution in [3.63, 3.8) is 0 Å². The maximum absolute atomic E-state index is 12.1. The van der Waals surface area contributed by atoms with Gasteiger partial charge in [-0.05, 0) is 32.0 Å². The molecule has 2 rings (SSSR count). The van der Waals surface area contributed by atoms with Crippen molar-refractivity contribution in [3.8, 4) is 0 Å². The zero-order valence-electron chi connectivity index (χ0n) is 10.4. The van der Waals surface area contributed by atoms with Crippen LogP contribution in [-0.4, -0.2) is 15.9 Å². The minimum Gasteiger partial charge on any atom is -0.320 e. The van der Waals surface area contributed by atoms with Crippen LogP contribution in [0.4, 0.5) is 5.69 Å². The van der Waals surface area contributed by atoms with Crippen molar-refractivity contribution in [1.29, 1.82) is 0 Å². The van der Waals surface area contributed by atoms with Gasteiger partial charge >= 0.3 is 0 Å². The van der Waals surface area contributed by atoms with E-state index in [-0.39, 0.29) is 5.91 Å². The first-order chi connectivity index (χ1) is 8.97. The first kappa shape index (κ1) is 13.8. The normalized spacial score (nSPS) is 10.3. The van der Waals surface area contributed by atoms with Gasteiger partial charge in [-0.1, -0.05) is 23.2 Å². The Morgan fingerprint density at radius 1 is 1.26 bits per heavy atom. The van der Waals surface area contributed by atoms with Crippen molar-refractivity contribution >= 4 is 34.8 Å². The Bertz CT molecular complexity index is 644. The molecule has 0 saturated carbocycles. The van der Waals surface area contributed by atoms with Crippen LogP contribution in [0.5, 0.6) is 0 Å². The van der Waals surface area contributed by atoms with Gasteiger partial charge in [0.1, 0.15) is 5.15 Å². The third-order valence-electron chi connectivity index (χ3n) is 2.53. The van der Waals surface area contributed by atoms with Gasteiger partial charge in [-0.3, -0.25) is 9.78 Å². The zero-order chi connectivity index (χ0) is 14.0. The van der Waals surface area contributed by atoms with Gasteiger partial charge in [-0.25, -0.2) is 4.98 Å². The number of hydrogen-bond donors (Lipinski definition) is 1. The van der Waals surface area contributed by atoms with Crippen LogP contribution in [0.15, 0.2) is 24.4 Å². The van der Waals surface area contributed by atoms with Crippen LogP contribution in [0.25, 0.3) is 0 Å². The summed E-state index contributed by atoms with van der Waals surface area (Å²) in [6, 6.07) is 4.95. The molecule has 0 aliphatic rings. The third kappa shape index (κ3) is 3.22. The number of nitrogens with zero attached hydrogens (tertiary/aromatic N) is 2. The number of pyridine rings is 2. The van der Waals surface area contributed by atoms with Crippen LogP contribution in [-0.2, 0) is 0 Å². The lowest BCUT2D eigenvalue weighted by Crippen LogP contribution is -2.14. The van der Waals surface area contributed by atoms with Gasteiger partial charge in [0.15, 0.2) is 0 Å². The molecule has 0 aromatic carbocycles. The predicted molar refractivity (Wildman–Crippen MR) is 75.9 cm³/mol. The summed E-state index contributed by atoms with van der Waals surface area (Å²) in [5.41, 5.74) is 2.30. The molecular weight excluding hydrogens is 285 g/mol. The maximum atomic E-state index is 12.1. The maximum Gasteiger partial charge on any atom is 0.258 e. The number of halogens is 2. The number of rotatable bonds is 2. The molecular formula is C13H11Cl2N3O. The first-order valence-corrected chi connectivity index (χ1v) is 6.29. The fourth-order valence-corrected chi connectivity index (χ4v) is 2.03. The second-order valence-corrected chi connectivity index (χ2v) is 4.82. The Kier molecular flexibility index (Phi) is 4.02. The predicted octanol–water partition coefficient (Wildman–Crippen LogP) is 3.65. The lowest BCUT2D eigenvalue weighted by Gasteiger charge is -2.09. The smallest absolute Gasteiger partial charge is 0.258 e. The molecule has 6 heteroatoms. The molecule has 0 spiro atoms. The van der Waals surface area contributed by atoms with Crippen LogP contribution < -0.4 is 5.32 Å². The van der Waals surface area contributed by atoms with E-state index in [1.165, 1.54) is 6.20 Å². The number of amides is 1. The molecule has 0 radical (unpaired) electrons. The van der Waals surface area contributed by atoms with Crippen molar-refractivity contribution in [1.82, 2.24) is 9.97 Å². The van der Waals surface area contributed by atoms with E-state index in [1.54, 1.807) is 32.0 Å². The molecule has 0 saturated heterocycles. The Hall–Kier alpha value is -1.65. The monoisotopic (exact) mass is 295 g/mol. The van der Waals surface area contributed by atoms with Gasteiger partial charge in [0.25, 0.3) is 5.91 Å². The summed E-state index contributed by atoms with van der Waals surface area (Å²) in [5.74, 6) is -0.329.